The van der Waals surface area contributed by atoms with E-state index in [1.807, 2.05) is 54.6 Å². The number of hydrogen-bond donors (Lipinski definition) is 1. The predicted molar refractivity (Wildman–Crippen MR) is 124 cm³/mol. The van der Waals surface area contributed by atoms with Gasteiger partial charge in [0.25, 0.3) is 5.91 Å². The van der Waals surface area contributed by atoms with Crippen LogP contribution in [0.1, 0.15) is 29.3 Å². The second-order valence-electron chi connectivity index (χ2n) is 7.95. The molecule has 1 aliphatic rings. The Hall–Kier alpha value is -3.93. The first-order valence-electron chi connectivity index (χ1n) is 10.8. The van der Waals surface area contributed by atoms with Gasteiger partial charge >= 0.3 is 5.97 Å². The molecule has 6 heteroatoms. The van der Waals surface area contributed by atoms with Gasteiger partial charge < -0.3 is 14.6 Å². The minimum atomic E-state index is -0.883. The van der Waals surface area contributed by atoms with Crippen molar-refractivity contribution in [2.45, 2.75) is 25.9 Å². The molecule has 1 unspecified atom stereocenters. The number of esters is 1. The van der Waals surface area contributed by atoms with E-state index in [1.165, 1.54) is 0 Å². The summed E-state index contributed by atoms with van der Waals surface area (Å²) in [5.74, 6) is -0.00758. The summed E-state index contributed by atoms with van der Waals surface area (Å²) in [5, 5.41) is 0. The van der Waals surface area contributed by atoms with Crippen LogP contribution in [0.2, 0.25) is 0 Å². The summed E-state index contributed by atoms with van der Waals surface area (Å²) >= 11 is 0. The van der Waals surface area contributed by atoms with Crippen LogP contribution in [-0.4, -0.2) is 34.5 Å². The number of carbonyl (C=O) groups is 2. The van der Waals surface area contributed by atoms with Crippen molar-refractivity contribution in [1.29, 1.82) is 0 Å². The van der Waals surface area contributed by atoms with Crippen molar-refractivity contribution < 1.29 is 14.3 Å². The summed E-state index contributed by atoms with van der Waals surface area (Å²) in [6.07, 6.45) is 0.957. The number of nitrogens with zero attached hydrogens (tertiary/aromatic N) is 2. The largest absolute Gasteiger partial charge is 0.449 e. The minimum Gasteiger partial charge on any atom is -0.449 e. The number of hydrogen-bond acceptors (Lipinski definition) is 4. The number of rotatable bonds is 4. The molecule has 4 aromatic rings. The number of aryl methyl sites for hydroxylation is 1. The highest BCUT2D eigenvalue weighted by Gasteiger charge is 2.28. The molecule has 0 radical (unpaired) electrons. The number of fused-ring (bicyclic) bond motifs is 2. The smallest absolute Gasteiger partial charge is 0.338 e. The van der Waals surface area contributed by atoms with Crippen LogP contribution in [0.15, 0.2) is 72.8 Å². The summed E-state index contributed by atoms with van der Waals surface area (Å²) in [5.41, 5.74) is 4.88. The Bertz CT molecular complexity index is 1300. The van der Waals surface area contributed by atoms with E-state index in [4.69, 9.17) is 4.74 Å². The highest BCUT2D eigenvalue weighted by molar-refractivity contribution is 6.00. The molecule has 0 fully saturated rings. The van der Waals surface area contributed by atoms with Gasteiger partial charge in [-0.1, -0.05) is 48.5 Å². The molecular weight excluding hydrogens is 402 g/mol. The van der Waals surface area contributed by atoms with Crippen molar-refractivity contribution in [2.75, 3.05) is 11.4 Å². The van der Waals surface area contributed by atoms with Crippen LogP contribution in [0.25, 0.3) is 22.4 Å². The number of aromatic amines is 1. The number of anilines is 1. The maximum absolute atomic E-state index is 13.0. The van der Waals surface area contributed by atoms with E-state index >= 15 is 0 Å². The zero-order valence-electron chi connectivity index (χ0n) is 17.7. The lowest BCUT2D eigenvalue weighted by Crippen LogP contribution is -2.42. The van der Waals surface area contributed by atoms with Crippen molar-refractivity contribution in [3.63, 3.8) is 0 Å². The standard InChI is InChI=1S/C26H23N3O3/c1-17(25(30)29-15-7-11-18-8-5-6-12-23(18)29)32-26(31)20-13-14-21-22(16-20)28-24(27-21)19-9-3-2-4-10-19/h2-6,8-10,12-14,16-17H,7,11,15H2,1H3,(H,27,28). The van der Waals surface area contributed by atoms with Gasteiger partial charge in [-0.25, -0.2) is 9.78 Å². The molecular formula is C26H23N3O3. The Kier molecular flexibility index (Phi) is 5.19. The topological polar surface area (TPSA) is 75.3 Å². The van der Waals surface area contributed by atoms with E-state index in [-0.39, 0.29) is 5.91 Å². The van der Waals surface area contributed by atoms with Crippen LogP contribution in [0.5, 0.6) is 0 Å². The molecule has 0 aliphatic carbocycles. The Morgan fingerprint density at radius 1 is 1.03 bits per heavy atom. The third kappa shape index (κ3) is 3.75. The zero-order chi connectivity index (χ0) is 22.1. The molecule has 1 amide bonds. The zero-order valence-corrected chi connectivity index (χ0v) is 17.7. The number of para-hydroxylation sites is 1. The maximum atomic E-state index is 13.0. The molecule has 32 heavy (non-hydrogen) atoms. The quantitative estimate of drug-likeness (QED) is 0.479. The minimum absolute atomic E-state index is 0.209. The third-order valence-electron chi connectivity index (χ3n) is 5.77. The number of carbonyl (C=O) groups excluding carboxylic acids is 2. The SMILES string of the molecule is CC(OC(=O)c1ccc2nc(-c3ccccc3)[nH]c2c1)C(=O)N1CCCc2ccccc21. The molecule has 1 aliphatic heterocycles. The monoisotopic (exact) mass is 425 g/mol. The van der Waals surface area contributed by atoms with Crippen molar-refractivity contribution in [3.05, 3.63) is 83.9 Å². The highest BCUT2D eigenvalue weighted by atomic mass is 16.5. The third-order valence-corrected chi connectivity index (χ3v) is 5.77. The Labute approximate surface area is 185 Å². The van der Waals surface area contributed by atoms with Crippen LogP contribution < -0.4 is 4.90 Å². The van der Waals surface area contributed by atoms with Crippen molar-refractivity contribution in [3.8, 4) is 11.4 Å². The van der Waals surface area contributed by atoms with Gasteiger partial charge in [0.2, 0.25) is 0 Å². The van der Waals surface area contributed by atoms with Gasteiger partial charge in [0, 0.05) is 17.8 Å². The molecule has 0 saturated carbocycles. The van der Waals surface area contributed by atoms with Gasteiger partial charge in [-0.3, -0.25) is 4.79 Å². The molecule has 2 heterocycles. The first-order chi connectivity index (χ1) is 15.6. The Morgan fingerprint density at radius 3 is 2.66 bits per heavy atom. The number of amides is 1. The molecule has 1 N–H and O–H groups in total. The van der Waals surface area contributed by atoms with Gasteiger partial charge in [-0.2, -0.15) is 0 Å². The van der Waals surface area contributed by atoms with Crippen molar-refractivity contribution in [1.82, 2.24) is 9.97 Å². The highest BCUT2D eigenvalue weighted by Crippen LogP contribution is 2.28. The molecule has 1 atom stereocenters. The predicted octanol–water partition coefficient (Wildman–Crippen LogP) is 4.75. The summed E-state index contributed by atoms with van der Waals surface area (Å²) in [6.45, 7) is 2.25. The normalized spacial score (nSPS) is 14.1. The summed E-state index contributed by atoms with van der Waals surface area (Å²) in [4.78, 5) is 35.4. The first-order valence-corrected chi connectivity index (χ1v) is 10.8. The number of benzene rings is 3. The van der Waals surface area contributed by atoms with Gasteiger partial charge in [-0.05, 0) is 49.6 Å². The number of H-pyrrole nitrogens is 1. The molecule has 3 aromatic carbocycles. The van der Waals surface area contributed by atoms with Crippen LogP contribution in [0, 0.1) is 0 Å². The average molecular weight is 425 g/mol. The maximum Gasteiger partial charge on any atom is 0.338 e. The number of nitrogens with one attached hydrogen (secondary N) is 1. The van der Waals surface area contributed by atoms with Gasteiger partial charge in [0.1, 0.15) is 5.82 Å². The number of aromatic nitrogens is 2. The second kappa shape index (κ2) is 8.30. The summed E-state index contributed by atoms with van der Waals surface area (Å²) in [7, 11) is 0. The molecule has 160 valence electrons. The summed E-state index contributed by atoms with van der Waals surface area (Å²) < 4.78 is 5.54. The Balaban J connectivity index is 1.33. The van der Waals surface area contributed by atoms with Crippen LogP contribution in [0.3, 0.4) is 0 Å². The van der Waals surface area contributed by atoms with Gasteiger partial charge in [-0.15, -0.1) is 0 Å². The second-order valence-corrected chi connectivity index (χ2v) is 7.95. The molecule has 1 aromatic heterocycles. The molecule has 0 saturated heterocycles. The van der Waals surface area contributed by atoms with E-state index in [2.05, 4.69) is 9.97 Å². The van der Waals surface area contributed by atoms with Crippen LogP contribution in [0.4, 0.5) is 5.69 Å². The van der Waals surface area contributed by atoms with Crippen LogP contribution in [-0.2, 0) is 16.0 Å². The van der Waals surface area contributed by atoms with Gasteiger partial charge in [0.05, 0.1) is 16.6 Å². The lowest BCUT2D eigenvalue weighted by molar-refractivity contribution is -0.126. The fraction of sp³-hybridized carbons (Fsp3) is 0.192. The average Bonchev–Trinajstić information content (AvgIpc) is 3.27. The van der Waals surface area contributed by atoms with E-state index < -0.39 is 12.1 Å². The van der Waals surface area contributed by atoms with E-state index in [0.29, 0.717) is 12.1 Å². The fourth-order valence-electron chi connectivity index (χ4n) is 4.13. The van der Waals surface area contributed by atoms with E-state index in [0.717, 1.165) is 46.5 Å². The lowest BCUT2D eigenvalue weighted by atomic mass is 10.0. The summed E-state index contributed by atoms with van der Waals surface area (Å²) in [6, 6.07) is 22.8. The van der Waals surface area contributed by atoms with Crippen molar-refractivity contribution in [2.24, 2.45) is 0 Å². The Morgan fingerprint density at radius 2 is 1.81 bits per heavy atom. The lowest BCUT2D eigenvalue weighted by Gasteiger charge is -2.31. The molecule has 6 nitrogen and oxygen atoms in total. The first kappa shape index (κ1) is 20.0. The molecule has 0 spiro atoms. The van der Waals surface area contributed by atoms with Gasteiger partial charge in [0.15, 0.2) is 6.10 Å². The number of ether oxygens (including phenoxy) is 1. The van der Waals surface area contributed by atoms with Crippen molar-refractivity contribution >= 4 is 28.6 Å². The number of imidazole rings is 1. The van der Waals surface area contributed by atoms with Crippen LogP contribution >= 0.6 is 0 Å². The van der Waals surface area contributed by atoms with E-state index in [9.17, 15) is 9.59 Å². The molecule has 0 bridgehead atoms. The fourth-order valence-corrected chi connectivity index (χ4v) is 4.13. The van der Waals surface area contributed by atoms with E-state index in [1.54, 1.807) is 30.0 Å². The molecule has 5 rings (SSSR count).